The average Bonchev–Trinajstić information content (AvgIpc) is 2.80. The van der Waals surface area contributed by atoms with Crippen LogP contribution in [0.25, 0.3) is 11.4 Å². The number of halogens is 3. The summed E-state index contributed by atoms with van der Waals surface area (Å²) in [5, 5.41) is 16.5. The second kappa shape index (κ2) is 5.18. The molecule has 0 spiro atoms. The summed E-state index contributed by atoms with van der Waals surface area (Å²) in [6.07, 6.45) is -4.01. The molecule has 0 aliphatic carbocycles. The minimum atomic E-state index is -5.23. The third-order valence-corrected chi connectivity index (χ3v) is 3.07. The van der Waals surface area contributed by atoms with Gasteiger partial charge in [0.1, 0.15) is 0 Å². The maximum absolute atomic E-state index is 12.7. The van der Waals surface area contributed by atoms with Crippen molar-refractivity contribution in [2.24, 2.45) is 7.05 Å². The monoisotopic (exact) mass is 315 g/mol. The summed E-state index contributed by atoms with van der Waals surface area (Å²) >= 11 is 0. The molecule has 7 nitrogen and oxygen atoms in total. The van der Waals surface area contributed by atoms with Gasteiger partial charge in [-0.2, -0.15) is 18.4 Å². The molecule has 0 aliphatic heterocycles. The molecule has 0 unspecified atom stereocenters. The van der Waals surface area contributed by atoms with E-state index in [4.69, 9.17) is 5.26 Å². The van der Waals surface area contributed by atoms with Crippen molar-refractivity contribution in [2.75, 3.05) is 0 Å². The molecule has 2 rings (SSSR count). The normalized spacial score (nSPS) is 13.2. The largest absolute Gasteiger partial charge is 0.504 e. The zero-order chi connectivity index (χ0) is 16.7. The van der Waals surface area contributed by atoms with Gasteiger partial charge in [-0.15, -0.1) is 4.68 Å². The predicted octanol–water partition coefficient (Wildman–Crippen LogP) is -0.853. The first-order chi connectivity index (χ1) is 10.2. The Balaban J connectivity index is 3.09. The Bertz CT molecular complexity index is 950. The molecule has 0 atom stereocenters. The first kappa shape index (κ1) is 15.6. The van der Waals surface area contributed by atoms with Crippen molar-refractivity contribution in [2.45, 2.75) is 19.1 Å². The minimum absolute atomic E-state index is 0.0338. The van der Waals surface area contributed by atoms with Gasteiger partial charge < -0.3 is 5.11 Å². The van der Waals surface area contributed by atoms with Gasteiger partial charge in [-0.05, 0) is 0 Å². The molecule has 2 heterocycles. The van der Waals surface area contributed by atoms with Crippen molar-refractivity contribution in [3.63, 3.8) is 0 Å². The Hall–Kier alpha value is -2.83. The Morgan fingerprint density at radius 2 is 2.05 bits per heavy atom. The van der Waals surface area contributed by atoms with Crippen molar-refractivity contribution >= 4 is 11.4 Å². The lowest BCUT2D eigenvalue weighted by atomic mass is 10.3. The maximum atomic E-state index is 12.7. The lowest BCUT2D eigenvalue weighted by Gasteiger charge is -2.07. The Morgan fingerprint density at radius 1 is 1.41 bits per heavy atom. The molecule has 0 saturated carbocycles. The van der Waals surface area contributed by atoms with Gasteiger partial charge in [-0.1, -0.05) is 4.52 Å². The molecule has 2 aromatic heterocycles. The van der Waals surface area contributed by atoms with E-state index in [-0.39, 0.29) is 18.6 Å². The van der Waals surface area contributed by atoms with Gasteiger partial charge in [0, 0.05) is 6.54 Å². The van der Waals surface area contributed by atoms with E-state index in [1.54, 1.807) is 6.07 Å². The van der Waals surface area contributed by atoms with Crippen molar-refractivity contribution in [1.82, 2.24) is 9.08 Å². The SMILES string of the molecule is C[n+]1ccc2n(CCC#N)c(=O)c(=C(O)C(F)(F)F)c(=O)n21. The fourth-order valence-electron chi connectivity index (χ4n) is 2.08. The Morgan fingerprint density at radius 3 is 2.59 bits per heavy atom. The highest BCUT2D eigenvalue weighted by Crippen LogP contribution is 2.22. The van der Waals surface area contributed by atoms with E-state index in [0.29, 0.717) is 0 Å². The third-order valence-electron chi connectivity index (χ3n) is 3.07. The number of aliphatic hydroxyl groups is 1. The molecular formula is C12H10F3N4O3+. The van der Waals surface area contributed by atoms with Crippen LogP contribution in [0.2, 0.25) is 0 Å². The van der Waals surface area contributed by atoms with E-state index in [1.165, 1.54) is 24.0 Å². The number of hydrogen-bond acceptors (Lipinski definition) is 4. The van der Waals surface area contributed by atoms with Crippen LogP contribution in [0, 0.1) is 11.3 Å². The summed E-state index contributed by atoms with van der Waals surface area (Å²) in [5.74, 6) is -2.25. The molecule has 1 N–H and O–H groups in total. The molecule has 0 aromatic carbocycles. The van der Waals surface area contributed by atoms with Crippen LogP contribution in [-0.2, 0) is 13.6 Å². The van der Waals surface area contributed by atoms with Gasteiger partial charge in [0.25, 0.3) is 5.56 Å². The molecular weight excluding hydrogens is 305 g/mol. The van der Waals surface area contributed by atoms with E-state index < -0.39 is 28.3 Å². The van der Waals surface area contributed by atoms with Crippen LogP contribution in [0.3, 0.4) is 0 Å². The Labute approximate surface area is 120 Å². The van der Waals surface area contributed by atoms with Crippen LogP contribution in [0.5, 0.6) is 0 Å². The number of alkyl halides is 3. The van der Waals surface area contributed by atoms with Gasteiger partial charge in [0.05, 0.1) is 18.6 Å². The summed E-state index contributed by atoms with van der Waals surface area (Å²) in [7, 11) is 1.39. The number of aromatic nitrogens is 3. The van der Waals surface area contributed by atoms with Crippen molar-refractivity contribution in [3.8, 4) is 6.07 Å². The van der Waals surface area contributed by atoms with Crippen LogP contribution in [0.4, 0.5) is 13.2 Å². The predicted molar refractivity (Wildman–Crippen MR) is 66.6 cm³/mol. The fourth-order valence-corrected chi connectivity index (χ4v) is 2.08. The van der Waals surface area contributed by atoms with Crippen LogP contribution in [0.1, 0.15) is 6.42 Å². The first-order valence-corrected chi connectivity index (χ1v) is 6.01. The van der Waals surface area contributed by atoms with Crippen molar-refractivity contribution < 1.29 is 23.0 Å². The molecule has 116 valence electrons. The van der Waals surface area contributed by atoms with Crippen LogP contribution >= 0.6 is 0 Å². The molecule has 0 radical (unpaired) electrons. The van der Waals surface area contributed by atoms with E-state index in [2.05, 4.69) is 0 Å². The maximum Gasteiger partial charge on any atom is 0.449 e. The molecule has 0 fully saturated rings. The number of aryl methyl sites for hydroxylation is 2. The average molecular weight is 315 g/mol. The van der Waals surface area contributed by atoms with Crippen molar-refractivity contribution in [1.29, 1.82) is 5.26 Å². The van der Waals surface area contributed by atoms with Gasteiger partial charge in [0.2, 0.25) is 5.76 Å². The summed E-state index contributed by atoms with van der Waals surface area (Å²) in [6.45, 7) is -0.207. The smallest absolute Gasteiger partial charge is 0.449 e. The molecule has 0 aliphatic rings. The number of rotatable bonds is 2. The van der Waals surface area contributed by atoms with Crippen LogP contribution in [0.15, 0.2) is 21.9 Å². The topological polar surface area (TPSA) is 91.4 Å². The highest BCUT2D eigenvalue weighted by Gasteiger charge is 2.37. The molecule has 10 heteroatoms. The number of hydrogen-bond donors (Lipinski definition) is 1. The summed E-state index contributed by atoms with van der Waals surface area (Å²) in [5.41, 5.74) is -2.54. The molecule has 0 bridgehead atoms. The van der Waals surface area contributed by atoms with Crippen LogP contribution in [-0.4, -0.2) is 20.4 Å². The minimum Gasteiger partial charge on any atom is -0.504 e. The van der Waals surface area contributed by atoms with Gasteiger partial charge in [-0.3, -0.25) is 14.2 Å². The second-order valence-electron chi connectivity index (χ2n) is 4.45. The number of nitriles is 1. The second-order valence-corrected chi connectivity index (χ2v) is 4.45. The van der Waals surface area contributed by atoms with Gasteiger partial charge in [-0.25, -0.2) is 0 Å². The first-order valence-electron chi connectivity index (χ1n) is 6.01. The molecule has 22 heavy (non-hydrogen) atoms. The number of fused-ring (bicyclic) bond motifs is 1. The molecule has 0 saturated heterocycles. The molecule has 0 amide bonds. The summed E-state index contributed by atoms with van der Waals surface area (Å²) in [6, 6.07) is 3.12. The van der Waals surface area contributed by atoms with E-state index in [0.717, 1.165) is 9.08 Å². The highest BCUT2D eigenvalue weighted by atomic mass is 19.4. The third kappa shape index (κ3) is 2.30. The highest BCUT2D eigenvalue weighted by molar-refractivity contribution is 5.42. The van der Waals surface area contributed by atoms with Gasteiger partial charge in [0.15, 0.2) is 24.1 Å². The lowest BCUT2D eigenvalue weighted by molar-refractivity contribution is -0.739. The van der Waals surface area contributed by atoms with E-state index in [9.17, 15) is 27.9 Å². The zero-order valence-electron chi connectivity index (χ0n) is 11.3. The van der Waals surface area contributed by atoms with E-state index >= 15 is 0 Å². The summed E-state index contributed by atoms with van der Waals surface area (Å²) in [4.78, 5) is 24.3. The standard InChI is InChI=1S/C12H9F3N4O3/c1-17-6-3-7-18(5-2-4-16)10(21)8(11(22)19(7)17)9(20)12(13,14)15/h3,6H,2,5H2,1H3/p+1. The molecule has 2 aromatic rings. The number of nitrogens with zero attached hydrogens (tertiary/aromatic N) is 4. The van der Waals surface area contributed by atoms with Gasteiger partial charge >= 0.3 is 11.7 Å². The lowest BCUT2D eigenvalue weighted by Crippen LogP contribution is -2.56. The fraction of sp³-hybridized carbons (Fsp3) is 0.333. The summed E-state index contributed by atoms with van der Waals surface area (Å²) < 4.78 is 40.8. The van der Waals surface area contributed by atoms with Crippen LogP contribution < -0.4 is 21.0 Å². The van der Waals surface area contributed by atoms with E-state index in [1.807, 2.05) is 0 Å². The zero-order valence-corrected chi connectivity index (χ0v) is 11.3. The quantitative estimate of drug-likeness (QED) is 0.731. The van der Waals surface area contributed by atoms with Crippen molar-refractivity contribution in [3.05, 3.63) is 38.2 Å². The number of aliphatic hydroxyl groups excluding tert-OH is 1. The Kier molecular flexibility index (Phi) is 3.66.